The van der Waals surface area contributed by atoms with Crippen LogP contribution < -0.4 is 5.56 Å². The maximum Gasteiger partial charge on any atom is 0.283 e. The fourth-order valence-corrected chi connectivity index (χ4v) is 5.82. The van der Waals surface area contributed by atoms with Crippen LogP contribution >= 0.6 is 11.8 Å². The monoisotopic (exact) mass is 412 g/mol. The highest BCUT2D eigenvalue weighted by molar-refractivity contribution is 7.99. The van der Waals surface area contributed by atoms with Gasteiger partial charge in [-0.25, -0.2) is 4.98 Å². The quantitative estimate of drug-likeness (QED) is 0.444. The van der Waals surface area contributed by atoms with Crippen molar-refractivity contribution in [3.8, 4) is 23.6 Å². The highest BCUT2D eigenvalue weighted by Gasteiger charge is 2.44. The third-order valence-electron chi connectivity index (χ3n) is 6.48. The van der Waals surface area contributed by atoms with Gasteiger partial charge in [-0.3, -0.25) is 4.79 Å². The average molecular weight is 413 g/mol. The summed E-state index contributed by atoms with van der Waals surface area (Å²) >= 11 is 1.37. The molecule has 1 heterocycles. The highest BCUT2D eigenvalue weighted by Crippen LogP contribution is 2.50. The van der Waals surface area contributed by atoms with E-state index in [1.54, 1.807) is 0 Å². The molecule has 0 bridgehead atoms. The lowest BCUT2D eigenvalue weighted by atomic mass is 9.70. The fourth-order valence-electron chi connectivity index (χ4n) is 5.21. The van der Waals surface area contributed by atoms with Crippen molar-refractivity contribution in [2.24, 2.45) is 0 Å². The molecule has 0 N–H and O–H groups in total. The molecule has 0 unspecified atom stereocenters. The van der Waals surface area contributed by atoms with E-state index in [4.69, 9.17) is 11.4 Å². The van der Waals surface area contributed by atoms with E-state index in [-0.39, 0.29) is 11.0 Å². The summed E-state index contributed by atoms with van der Waals surface area (Å²) in [4.78, 5) is 18.6. The molecule has 3 nitrogen and oxygen atoms in total. The molecule has 4 heteroatoms. The van der Waals surface area contributed by atoms with Crippen LogP contribution in [0.3, 0.4) is 0 Å². The Morgan fingerprint density at radius 2 is 1.80 bits per heavy atom. The Labute approximate surface area is 181 Å². The highest BCUT2D eigenvalue weighted by atomic mass is 32.2. The van der Waals surface area contributed by atoms with Gasteiger partial charge in [-0.1, -0.05) is 85.1 Å². The molecule has 1 saturated carbocycles. The van der Waals surface area contributed by atoms with Crippen LogP contribution in [0, 0.1) is 12.3 Å². The minimum Gasteiger partial charge on any atom is -0.303 e. The second-order valence-electron chi connectivity index (χ2n) is 8.31. The summed E-state index contributed by atoms with van der Waals surface area (Å²) in [6, 6.07) is 18.8. The summed E-state index contributed by atoms with van der Waals surface area (Å²) in [7, 11) is 0. The molecule has 0 amide bonds. The van der Waals surface area contributed by atoms with Crippen LogP contribution in [0.1, 0.15) is 42.5 Å². The number of aromatic nitrogens is 2. The van der Waals surface area contributed by atoms with Crippen molar-refractivity contribution in [1.29, 1.82) is 0 Å². The second kappa shape index (κ2) is 7.81. The molecule has 2 aliphatic carbocycles. The molecule has 1 fully saturated rings. The molecule has 3 aromatic rings. The minimum atomic E-state index is -0.0106. The first kappa shape index (κ1) is 19.2. The van der Waals surface area contributed by atoms with Crippen LogP contribution in [-0.4, -0.2) is 15.3 Å². The number of nitrogens with zero attached hydrogens (tertiary/aromatic N) is 2. The fraction of sp³-hybridized carbons (Fsp3) is 0.308. The molecule has 0 aliphatic heterocycles. The molecule has 1 spiro atoms. The maximum absolute atomic E-state index is 13.6. The van der Waals surface area contributed by atoms with Crippen LogP contribution in [0.2, 0.25) is 0 Å². The van der Waals surface area contributed by atoms with Crippen molar-refractivity contribution in [2.45, 2.75) is 49.1 Å². The Hall–Kier alpha value is -2.77. The van der Waals surface area contributed by atoms with Gasteiger partial charge in [-0.15, -0.1) is 6.42 Å². The van der Waals surface area contributed by atoms with Crippen molar-refractivity contribution in [1.82, 2.24) is 9.55 Å². The van der Waals surface area contributed by atoms with Crippen LogP contribution in [0.4, 0.5) is 0 Å². The lowest BCUT2D eigenvalue weighted by molar-refractivity contribution is 0.391. The Balaban J connectivity index is 1.79. The summed E-state index contributed by atoms with van der Waals surface area (Å²) < 4.78 is 2.01. The molecule has 2 aliphatic rings. The zero-order valence-electron chi connectivity index (χ0n) is 16.9. The van der Waals surface area contributed by atoms with Crippen LogP contribution in [0.25, 0.3) is 11.3 Å². The van der Waals surface area contributed by atoms with E-state index in [1.807, 2.05) is 22.8 Å². The first-order valence-corrected chi connectivity index (χ1v) is 11.5. The molecular formula is C26H24N2OS. The number of hydrogen-bond donors (Lipinski definition) is 0. The summed E-state index contributed by atoms with van der Waals surface area (Å²) in [5.74, 6) is 3.08. The number of benzene rings is 2. The predicted molar refractivity (Wildman–Crippen MR) is 123 cm³/mol. The minimum absolute atomic E-state index is 0.0000584. The van der Waals surface area contributed by atoms with E-state index in [0.29, 0.717) is 17.3 Å². The van der Waals surface area contributed by atoms with Gasteiger partial charge in [0, 0.05) is 11.0 Å². The lowest BCUT2D eigenvalue weighted by Gasteiger charge is -2.38. The largest absolute Gasteiger partial charge is 0.303 e. The van der Waals surface area contributed by atoms with Crippen molar-refractivity contribution >= 4 is 11.8 Å². The van der Waals surface area contributed by atoms with E-state index in [1.165, 1.54) is 30.2 Å². The molecular weight excluding hydrogens is 388 g/mol. The van der Waals surface area contributed by atoms with Gasteiger partial charge in [0.1, 0.15) is 0 Å². The molecule has 0 saturated heterocycles. The van der Waals surface area contributed by atoms with E-state index in [9.17, 15) is 4.79 Å². The maximum atomic E-state index is 13.6. The van der Waals surface area contributed by atoms with Gasteiger partial charge in [-0.05, 0) is 30.4 Å². The van der Waals surface area contributed by atoms with Gasteiger partial charge in [0.2, 0.25) is 0 Å². The van der Waals surface area contributed by atoms with Gasteiger partial charge in [-0.2, -0.15) is 0 Å². The topological polar surface area (TPSA) is 34.9 Å². The summed E-state index contributed by atoms with van der Waals surface area (Å²) in [6.07, 6.45) is 11.1. The number of rotatable bonds is 4. The normalized spacial score (nSPS) is 16.1. The van der Waals surface area contributed by atoms with Gasteiger partial charge in [0.15, 0.2) is 5.03 Å². The summed E-state index contributed by atoms with van der Waals surface area (Å²) in [5.41, 5.74) is 5.74. The van der Waals surface area contributed by atoms with Gasteiger partial charge < -0.3 is 4.57 Å². The Bertz CT molecular complexity index is 1180. The van der Waals surface area contributed by atoms with Gasteiger partial charge in [0.25, 0.3) is 5.56 Å². The predicted octanol–water partition coefficient (Wildman–Crippen LogP) is 5.05. The number of thioether (sulfide) groups is 1. The van der Waals surface area contributed by atoms with E-state index in [0.717, 1.165) is 41.8 Å². The second-order valence-corrected chi connectivity index (χ2v) is 9.27. The SMILES string of the molecule is C#CCSc1nc2c(n(Cc3ccccc3)c1=O)C1(CCCC1)Cc1ccccc1-2. The van der Waals surface area contributed by atoms with Gasteiger partial charge in [0.05, 0.1) is 23.7 Å². The third-order valence-corrected chi connectivity index (χ3v) is 7.33. The average Bonchev–Trinajstić information content (AvgIpc) is 3.23. The third kappa shape index (κ3) is 3.18. The molecule has 0 radical (unpaired) electrons. The van der Waals surface area contributed by atoms with Crippen molar-refractivity contribution in [2.75, 3.05) is 5.75 Å². The number of fused-ring (bicyclic) bond motifs is 4. The zero-order chi connectivity index (χ0) is 20.6. The first-order valence-electron chi connectivity index (χ1n) is 10.6. The van der Waals surface area contributed by atoms with Gasteiger partial charge >= 0.3 is 0 Å². The number of terminal acetylenes is 1. The number of hydrogen-bond acceptors (Lipinski definition) is 3. The van der Waals surface area contributed by atoms with Crippen molar-refractivity contribution in [3.05, 3.63) is 81.8 Å². The Morgan fingerprint density at radius 3 is 2.57 bits per heavy atom. The van der Waals surface area contributed by atoms with Crippen LogP contribution in [0.5, 0.6) is 0 Å². The molecule has 30 heavy (non-hydrogen) atoms. The summed E-state index contributed by atoms with van der Waals surface area (Å²) in [5, 5.41) is 0.507. The zero-order valence-corrected chi connectivity index (χ0v) is 17.8. The molecule has 0 atom stereocenters. The smallest absolute Gasteiger partial charge is 0.283 e. The van der Waals surface area contributed by atoms with Crippen LogP contribution in [0.15, 0.2) is 64.4 Å². The van der Waals surface area contributed by atoms with E-state index < -0.39 is 0 Å². The molecule has 150 valence electrons. The first-order chi connectivity index (χ1) is 14.7. The van der Waals surface area contributed by atoms with E-state index >= 15 is 0 Å². The molecule has 2 aromatic carbocycles. The van der Waals surface area contributed by atoms with Crippen LogP contribution in [-0.2, 0) is 18.4 Å². The van der Waals surface area contributed by atoms with Crippen molar-refractivity contribution in [3.63, 3.8) is 0 Å². The standard InChI is InChI=1S/C26H24N2OS/c1-2-16-30-24-25(29)28(18-19-10-4-3-5-11-19)23-22(27-24)21-13-7-6-12-20(21)17-26(23)14-8-9-15-26/h1,3-7,10-13H,8-9,14-18H2. The Kier molecular flexibility index (Phi) is 5.00. The summed E-state index contributed by atoms with van der Waals surface area (Å²) in [6.45, 7) is 0.568. The lowest BCUT2D eigenvalue weighted by Crippen LogP contribution is -2.39. The van der Waals surface area contributed by atoms with E-state index in [2.05, 4.69) is 42.3 Å². The molecule has 1 aromatic heterocycles. The van der Waals surface area contributed by atoms with Crippen molar-refractivity contribution < 1.29 is 0 Å². The molecule has 5 rings (SSSR count). The Morgan fingerprint density at radius 1 is 1.07 bits per heavy atom.